The van der Waals surface area contributed by atoms with Crippen molar-refractivity contribution < 1.29 is 4.52 Å². The van der Waals surface area contributed by atoms with E-state index in [0.29, 0.717) is 11.0 Å². The van der Waals surface area contributed by atoms with Crippen LogP contribution < -0.4 is 0 Å². The van der Waals surface area contributed by atoms with Crippen LogP contribution >= 0.6 is 24.0 Å². The first-order chi connectivity index (χ1) is 11.2. The Hall–Kier alpha value is -1.40. The first-order valence-corrected chi connectivity index (χ1v) is 9.33. The second-order valence-corrected chi connectivity index (χ2v) is 6.90. The number of hydrogen-bond donors (Lipinski definition) is 0. The largest absolute Gasteiger partial charge is 0.357 e. The maximum atomic E-state index is 5.57. The Balaban J connectivity index is 1.99. The van der Waals surface area contributed by atoms with Crippen molar-refractivity contribution in [3.63, 3.8) is 0 Å². The third-order valence-electron chi connectivity index (χ3n) is 3.44. The van der Waals surface area contributed by atoms with Crippen molar-refractivity contribution in [2.75, 3.05) is 13.1 Å². The van der Waals surface area contributed by atoms with Gasteiger partial charge in [0.1, 0.15) is 4.32 Å². The normalized spacial score (nSPS) is 10.7. The number of thioether (sulfide) groups is 1. The van der Waals surface area contributed by atoms with E-state index in [9.17, 15) is 0 Å². The predicted octanol–water partition coefficient (Wildman–Crippen LogP) is 5.02. The Morgan fingerprint density at radius 3 is 2.39 bits per heavy atom. The van der Waals surface area contributed by atoms with E-state index in [1.807, 2.05) is 30.3 Å². The van der Waals surface area contributed by atoms with Crippen molar-refractivity contribution >= 4 is 28.3 Å². The van der Waals surface area contributed by atoms with Gasteiger partial charge in [0, 0.05) is 30.4 Å². The summed E-state index contributed by atoms with van der Waals surface area (Å²) in [4.78, 5) is 6.68. The molecule has 0 aliphatic heterocycles. The molecule has 0 unspecified atom stereocenters. The number of aromatic nitrogens is 2. The quantitative estimate of drug-likeness (QED) is 0.492. The molecule has 0 atom stereocenters. The number of nitrogens with zero attached hydrogens (tertiary/aromatic N) is 3. The van der Waals surface area contributed by atoms with Crippen molar-refractivity contribution in [2.24, 2.45) is 0 Å². The average Bonchev–Trinajstić information content (AvgIpc) is 3.04. The van der Waals surface area contributed by atoms with Crippen LogP contribution in [0, 0.1) is 0 Å². The maximum Gasteiger partial charge on any atom is 0.293 e. The van der Waals surface area contributed by atoms with Crippen molar-refractivity contribution in [1.29, 1.82) is 0 Å². The first-order valence-electron chi connectivity index (χ1n) is 8.10. The SMILES string of the molecule is CCCCN(CCCC)C(=S)Sc1nc(-c2ccccc2)no1. The highest BCUT2D eigenvalue weighted by atomic mass is 32.2. The van der Waals surface area contributed by atoms with Gasteiger partial charge in [-0.05, 0) is 12.8 Å². The first kappa shape index (κ1) is 17.9. The van der Waals surface area contributed by atoms with Gasteiger partial charge in [0.25, 0.3) is 5.22 Å². The van der Waals surface area contributed by atoms with Gasteiger partial charge in [0.05, 0.1) is 0 Å². The van der Waals surface area contributed by atoms with Gasteiger partial charge >= 0.3 is 0 Å². The molecular weight excluding hydrogens is 326 g/mol. The molecule has 1 aromatic heterocycles. The standard InChI is InChI=1S/C17H23N3OS2/c1-3-5-12-20(13-6-4-2)17(22)23-16-18-15(19-21-16)14-10-8-7-9-11-14/h7-11H,3-6,12-13H2,1-2H3. The van der Waals surface area contributed by atoms with E-state index in [4.69, 9.17) is 16.7 Å². The minimum atomic E-state index is 0.506. The summed E-state index contributed by atoms with van der Waals surface area (Å²) in [5.74, 6) is 0.601. The smallest absolute Gasteiger partial charge is 0.293 e. The molecule has 0 N–H and O–H groups in total. The molecule has 2 aromatic rings. The molecular formula is C17H23N3OS2. The van der Waals surface area contributed by atoms with Crippen LogP contribution in [0.25, 0.3) is 11.4 Å². The number of unbranched alkanes of at least 4 members (excludes halogenated alkanes) is 2. The van der Waals surface area contributed by atoms with Gasteiger partial charge in [0.2, 0.25) is 5.82 Å². The van der Waals surface area contributed by atoms with Gasteiger partial charge in [0.15, 0.2) is 0 Å². The zero-order chi connectivity index (χ0) is 16.5. The molecule has 6 heteroatoms. The van der Waals surface area contributed by atoms with E-state index < -0.39 is 0 Å². The summed E-state index contributed by atoms with van der Waals surface area (Å²) in [6.07, 6.45) is 4.61. The van der Waals surface area contributed by atoms with Gasteiger partial charge in [-0.25, -0.2) is 0 Å². The lowest BCUT2D eigenvalue weighted by Gasteiger charge is -2.23. The van der Waals surface area contributed by atoms with Crippen molar-refractivity contribution in [1.82, 2.24) is 15.0 Å². The second kappa shape index (κ2) is 9.67. The molecule has 0 amide bonds. The third kappa shape index (κ3) is 5.62. The Morgan fingerprint density at radius 2 is 1.78 bits per heavy atom. The van der Waals surface area contributed by atoms with Gasteiger partial charge in [-0.1, -0.05) is 74.4 Å². The van der Waals surface area contributed by atoms with Gasteiger partial charge in [-0.3, -0.25) is 0 Å². The summed E-state index contributed by atoms with van der Waals surface area (Å²) in [6, 6.07) is 9.81. The fraction of sp³-hybridized carbons (Fsp3) is 0.471. The highest BCUT2D eigenvalue weighted by Gasteiger charge is 2.15. The molecule has 1 heterocycles. The van der Waals surface area contributed by atoms with E-state index >= 15 is 0 Å². The molecule has 23 heavy (non-hydrogen) atoms. The zero-order valence-electron chi connectivity index (χ0n) is 13.7. The highest BCUT2D eigenvalue weighted by molar-refractivity contribution is 8.22. The number of thiocarbonyl (C=S) groups is 1. The van der Waals surface area contributed by atoms with Crippen LogP contribution in [-0.4, -0.2) is 32.5 Å². The molecule has 0 aliphatic carbocycles. The minimum absolute atomic E-state index is 0.506. The van der Waals surface area contributed by atoms with E-state index in [1.165, 1.54) is 11.8 Å². The van der Waals surface area contributed by atoms with Crippen molar-refractivity contribution in [3.05, 3.63) is 30.3 Å². The lowest BCUT2D eigenvalue weighted by atomic mass is 10.2. The maximum absolute atomic E-state index is 5.57. The fourth-order valence-corrected chi connectivity index (χ4v) is 3.15. The third-order valence-corrected chi connectivity index (χ3v) is 4.72. The Labute approximate surface area is 147 Å². The highest BCUT2D eigenvalue weighted by Crippen LogP contribution is 2.24. The second-order valence-electron chi connectivity index (χ2n) is 5.31. The number of rotatable bonds is 8. The Kier molecular flexibility index (Phi) is 7.55. The van der Waals surface area contributed by atoms with Crippen LogP contribution in [0.1, 0.15) is 39.5 Å². The van der Waals surface area contributed by atoms with E-state index in [1.54, 1.807) is 0 Å². The molecule has 0 radical (unpaired) electrons. The molecule has 0 saturated carbocycles. The molecule has 2 rings (SSSR count). The summed E-state index contributed by atoms with van der Waals surface area (Å²) in [6.45, 7) is 6.36. The monoisotopic (exact) mass is 349 g/mol. The summed E-state index contributed by atoms with van der Waals surface area (Å²) in [5.41, 5.74) is 0.947. The summed E-state index contributed by atoms with van der Waals surface area (Å²) in [5, 5.41) is 4.54. The van der Waals surface area contributed by atoms with Gasteiger partial charge in [-0.15, -0.1) is 0 Å². The van der Waals surface area contributed by atoms with E-state index in [2.05, 4.69) is 28.9 Å². The Morgan fingerprint density at radius 1 is 1.13 bits per heavy atom. The lowest BCUT2D eigenvalue weighted by molar-refractivity contribution is 0.341. The molecule has 0 saturated heterocycles. The number of hydrogen-bond acceptors (Lipinski definition) is 5. The van der Waals surface area contributed by atoms with Gasteiger partial charge < -0.3 is 9.42 Å². The summed E-state index contributed by atoms with van der Waals surface area (Å²) in [7, 11) is 0. The molecule has 0 aliphatic rings. The van der Waals surface area contributed by atoms with Crippen LogP contribution in [0.4, 0.5) is 0 Å². The molecule has 0 spiro atoms. The van der Waals surface area contributed by atoms with Crippen molar-refractivity contribution in [3.8, 4) is 11.4 Å². The van der Waals surface area contributed by atoms with Crippen molar-refractivity contribution in [2.45, 2.75) is 44.8 Å². The lowest BCUT2D eigenvalue weighted by Crippen LogP contribution is -2.29. The van der Waals surface area contributed by atoms with E-state index in [-0.39, 0.29) is 0 Å². The zero-order valence-corrected chi connectivity index (χ0v) is 15.3. The number of benzene rings is 1. The van der Waals surface area contributed by atoms with Gasteiger partial charge in [-0.2, -0.15) is 4.98 Å². The minimum Gasteiger partial charge on any atom is -0.357 e. The van der Waals surface area contributed by atoms with Crippen LogP contribution in [0.3, 0.4) is 0 Å². The topological polar surface area (TPSA) is 42.2 Å². The molecule has 1 aromatic carbocycles. The molecule has 0 bridgehead atoms. The van der Waals surface area contributed by atoms with E-state index in [0.717, 1.165) is 48.7 Å². The molecule has 0 fully saturated rings. The van der Waals surface area contributed by atoms with Crippen LogP contribution in [0.2, 0.25) is 0 Å². The summed E-state index contributed by atoms with van der Waals surface area (Å²) >= 11 is 6.96. The molecule has 4 nitrogen and oxygen atoms in total. The fourth-order valence-electron chi connectivity index (χ4n) is 2.09. The average molecular weight is 350 g/mol. The Bertz CT molecular complexity index is 593. The van der Waals surface area contributed by atoms with Crippen LogP contribution in [-0.2, 0) is 0 Å². The predicted molar refractivity (Wildman–Crippen MR) is 99.6 cm³/mol. The summed E-state index contributed by atoms with van der Waals surface area (Å²) < 4.78 is 6.15. The van der Waals surface area contributed by atoms with Crippen LogP contribution in [0.15, 0.2) is 40.1 Å². The molecule has 124 valence electrons. The van der Waals surface area contributed by atoms with Crippen LogP contribution in [0.5, 0.6) is 0 Å².